The molecule has 1 aromatic carbocycles. The molecule has 0 unspecified atom stereocenters. The van der Waals surface area contributed by atoms with E-state index in [4.69, 9.17) is 4.74 Å². The van der Waals surface area contributed by atoms with Crippen LogP contribution >= 0.6 is 0 Å². The van der Waals surface area contributed by atoms with Crippen LogP contribution in [0.1, 0.15) is 39.5 Å². The van der Waals surface area contributed by atoms with Crippen molar-refractivity contribution in [3.63, 3.8) is 0 Å². The Bertz CT molecular complexity index is 437. The molecule has 2 N–H and O–H groups in total. The number of carbonyl (C=O) groups excluding carboxylic acids is 1. The SMILES string of the molecule is CCOC(=O)Nc1ccc(NCC2CCC(C)CC2)cc1. The van der Waals surface area contributed by atoms with Crippen molar-refractivity contribution in [3.05, 3.63) is 24.3 Å². The molecule has 4 heteroatoms. The summed E-state index contributed by atoms with van der Waals surface area (Å²) >= 11 is 0. The van der Waals surface area contributed by atoms with Crippen LogP contribution in [0.5, 0.6) is 0 Å². The molecular formula is C17H26N2O2. The Hall–Kier alpha value is -1.71. The molecule has 2 rings (SSSR count). The quantitative estimate of drug-likeness (QED) is 0.840. The first kappa shape index (κ1) is 15.7. The van der Waals surface area contributed by atoms with Gasteiger partial charge < -0.3 is 10.1 Å². The lowest BCUT2D eigenvalue weighted by atomic mass is 9.83. The van der Waals surface area contributed by atoms with Crippen LogP contribution < -0.4 is 10.6 Å². The molecule has 1 aromatic rings. The molecule has 4 nitrogen and oxygen atoms in total. The maximum Gasteiger partial charge on any atom is 0.411 e. The third-order valence-corrected chi connectivity index (χ3v) is 4.14. The first-order chi connectivity index (χ1) is 10.2. The lowest BCUT2D eigenvalue weighted by molar-refractivity contribution is 0.168. The first-order valence-corrected chi connectivity index (χ1v) is 7.95. The molecule has 0 aliphatic heterocycles. The second-order valence-electron chi connectivity index (χ2n) is 5.93. The van der Waals surface area contributed by atoms with Crippen molar-refractivity contribution in [2.24, 2.45) is 11.8 Å². The summed E-state index contributed by atoms with van der Waals surface area (Å²) in [4.78, 5) is 11.3. The van der Waals surface area contributed by atoms with Crippen molar-refractivity contribution in [1.82, 2.24) is 0 Å². The summed E-state index contributed by atoms with van der Waals surface area (Å²) in [6, 6.07) is 7.77. The number of carbonyl (C=O) groups is 1. The van der Waals surface area contributed by atoms with Gasteiger partial charge in [-0.05, 0) is 55.9 Å². The average molecular weight is 290 g/mol. The van der Waals surface area contributed by atoms with Crippen molar-refractivity contribution in [1.29, 1.82) is 0 Å². The summed E-state index contributed by atoms with van der Waals surface area (Å²) < 4.78 is 4.85. The molecule has 1 aliphatic carbocycles. The van der Waals surface area contributed by atoms with Gasteiger partial charge in [-0.3, -0.25) is 5.32 Å². The van der Waals surface area contributed by atoms with E-state index in [1.807, 2.05) is 24.3 Å². The predicted octanol–water partition coefficient (Wildman–Crippen LogP) is 4.49. The van der Waals surface area contributed by atoms with Gasteiger partial charge in [-0.1, -0.05) is 19.8 Å². The van der Waals surface area contributed by atoms with Crippen LogP contribution in [0.3, 0.4) is 0 Å². The Morgan fingerprint density at radius 3 is 2.38 bits per heavy atom. The maximum absolute atomic E-state index is 11.3. The molecule has 116 valence electrons. The highest BCUT2D eigenvalue weighted by Gasteiger charge is 2.17. The largest absolute Gasteiger partial charge is 0.450 e. The van der Waals surface area contributed by atoms with E-state index >= 15 is 0 Å². The van der Waals surface area contributed by atoms with Gasteiger partial charge in [0.05, 0.1) is 6.61 Å². The zero-order chi connectivity index (χ0) is 15.1. The van der Waals surface area contributed by atoms with Gasteiger partial charge in [0.15, 0.2) is 0 Å². The van der Waals surface area contributed by atoms with E-state index in [0.29, 0.717) is 6.61 Å². The van der Waals surface area contributed by atoms with Crippen molar-refractivity contribution >= 4 is 17.5 Å². The fourth-order valence-corrected chi connectivity index (χ4v) is 2.75. The highest BCUT2D eigenvalue weighted by atomic mass is 16.5. The van der Waals surface area contributed by atoms with Gasteiger partial charge in [-0.25, -0.2) is 4.79 Å². The molecule has 0 atom stereocenters. The fourth-order valence-electron chi connectivity index (χ4n) is 2.75. The third-order valence-electron chi connectivity index (χ3n) is 4.14. The van der Waals surface area contributed by atoms with Crippen molar-refractivity contribution < 1.29 is 9.53 Å². The standard InChI is InChI=1S/C17H26N2O2/c1-3-21-17(20)19-16-10-8-15(9-11-16)18-12-14-6-4-13(2)5-7-14/h8-11,13-14,18H,3-7,12H2,1-2H3,(H,19,20). The van der Waals surface area contributed by atoms with E-state index in [-0.39, 0.29) is 0 Å². The predicted molar refractivity (Wildman–Crippen MR) is 86.7 cm³/mol. The first-order valence-electron chi connectivity index (χ1n) is 7.95. The molecule has 0 heterocycles. The van der Waals surface area contributed by atoms with Crippen LogP contribution in [0.2, 0.25) is 0 Å². The number of anilines is 2. The Balaban J connectivity index is 1.75. The van der Waals surface area contributed by atoms with E-state index in [2.05, 4.69) is 17.6 Å². The Morgan fingerprint density at radius 2 is 1.76 bits per heavy atom. The summed E-state index contributed by atoms with van der Waals surface area (Å²) in [5, 5.41) is 6.18. The number of rotatable bonds is 5. The van der Waals surface area contributed by atoms with Crippen LogP contribution in [0.15, 0.2) is 24.3 Å². The summed E-state index contributed by atoms with van der Waals surface area (Å²) in [7, 11) is 0. The van der Waals surface area contributed by atoms with Crippen molar-refractivity contribution in [2.45, 2.75) is 39.5 Å². The maximum atomic E-state index is 11.3. The Morgan fingerprint density at radius 1 is 1.14 bits per heavy atom. The van der Waals surface area contributed by atoms with E-state index in [0.717, 1.165) is 29.8 Å². The molecule has 0 saturated heterocycles. The number of hydrogen-bond donors (Lipinski definition) is 2. The molecule has 1 fully saturated rings. The molecule has 0 radical (unpaired) electrons. The minimum Gasteiger partial charge on any atom is -0.450 e. The molecule has 0 spiro atoms. The van der Waals surface area contributed by atoms with Gasteiger partial charge in [0.1, 0.15) is 0 Å². The lowest BCUT2D eigenvalue weighted by Gasteiger charge is -2.26. The van der Waals surface area contributed by atoms with Crippen LogP contribution in [0.4, 0.5) is 16.2 Å². The van der Waals surface area contributed by atoms with E-state index in [1.165, 1.54) is 25.7 Å². The number of ether oxygens (including phenoxy) is 1. The zero-order valence-corrected chi connectivity index (χ0v) is 13.0. The van der Waals surface area contributed by atoms with Gasteiger partial charge in [-0.2, -0.15) is 0 Å². The van der Waals surface area contributed by atoms with Gasteiger partial charge >= 0.3 is 6.09 Å². The minimum absolute atomic E-state index is 0.380. The average Bonchev–Trinajstić information content (AvgIpc) is 2.48. The topological polar surface area (TPSA) is 50.4 Å². The molecule has 0 aromatic heterocycles. The fraction of sp³-hybridized carbons (Fsp3) is 0.588. The second-order valence-corrected chi connectivity index (χ2v) is 5.93. The zero-order valence-electron chi connectivity index (χ0n) is 13.0. The minimum atomic E-state index is -0.408. The van der Waals surface area contributed by atoms with Gasteiger partial charge in [0.2, 0.25) is 0 Å². The third kappa shape index (κ3) is 5.29. The van der Waals surface area contributed by atoms with Gasteiger partial charge in [0.25, 0.3) is 0 Å². The summed E-state index contributed by atoms with van der Waals surface area (Å²) in [6.07, 6.45) is 4.96. The van der Waals surface area contributed by atoms with Crippen LogP contribution in [0.25, 0.3) is 0 Å². The number of amides is 1. The van der Waals surface area contributed by atoms with Crippen LogP contribution in [0, 0.1) is 11.8 Å². The molecule has 1 aliphatic rings. The molecule has 21 heavy (non-hydrogen) atoms. The summed E-state index contributed by atoms with van der Waals surface area (Å²) in [5.74, 6) is 1.69. The molecular weight excluding hydrogens is 264 g/mol. The van der Waals surface area contributed by atoms with Crippen molar-refractivity contribution in [3.8, 4) is 0 Å². The van der Waals surface area contributed by atoms with E-state index in [1.54, 1.807) is 6.92 Å². The normalized spacial score (nSPS) is 21.6. The smallest absolute Gasteiger partial charge is 0.411 e. The summed E-state index contributed by atoms with van der Waals surface area (Å²) in [6.45, 7) is 5.56. The highest BCUT2D eigenvalue weighted by Crippen LogP contribution is 2.28. The molecule has 0 bridgehead atoms. The molecule has 1 saturated carbocycles. The van der Waals surface area contributed by atoms with Crippen LogP contribution in [-0.2, 0) is 4.74 Å². The molecule has 1 amide bonds. The van der Waals surface area contributed by atoms with Gasteiger partial charge in [0, 0.05) is 17.9 Å². The van der Waals surface area contributed by atoms with Crippen molar-refractivity contribution in [2.75, 3.05) is 23.8 Å². The Labute approximate surface area is 127 Å². The van der Waals surface area contributed by atoms with E-state index < -0.39 is 6.09 Å². The monoisotopic (exact) mass is 290 g/mol. The number of nitrogens with one attached hydrogen (secondary N) is 2. The second kappa shape index (κ2) is 7.91. The lowest BCUT2D eigenvalue weighted by Crippen LogP contribution is -2.20. The Kier molecular flexibility index (Phi) is 5.90. The number of hydrogen-bond acceptors (Lipinski definition) is 3. The van der Waals surface area contributed by atoms with Gasteiger partial charge in [-0.15, -0.1) is 0 Å². The highest BCUT2D eigenvalue weighted by molar-refractivity contribution is 5.84. The van der Waals surface area contributed by atoms with Crippen LogP contribution in [-0.4, -0.2) is 19.2 Å². The number of benzene rings is 1. The van der Waals surface area contributed by atoms with E-state index in [9.17, 15) is 4.79 Å². The summed E-state index contributed by atoms with van der Waals surface area (Å²) in [5.41, 5.74) is 1.86.